The highest BCUT2D eigenvalue weighted by molar-refractivity contribution is 6.30. The molecule has 0 saturated carbocycles. The Balaban J connectivity index is 1.85. The van der Waals surface area contributed by atoms with Crippen molar-refractivity contribution in [2.24, 2.45) is 0 Å². The van der Waals surface area contributed by atoms with E-state index in [4.69, 9.17) is 11.6 Å². The minimum atomic E-state index is -0.449. The maximum atomic E-state index is 12.6. The number of amides is 1. The van der Waals surface area contributed by atoms with Crippen molar-refractivity contribution < 1.29 is 4.79 Å². The summed E-state index contributed by atoms with van der Waals surface area (Å²) in [7, 11) is 0. The van der Waals surface area contributed by atoms with E-state index in [1.807, 2.05) is 26.0 Å². The Kier molecular flexibility index (Phi) is 7.33. The number of hydrogen-bond acceptors (Lipinski definition) is 2. The Morgan fingerprint density at radius 1 is 1.13 bits per heavy atom. The first-order valence-corrected chi connectivity index (χ1v) is 10.8. The minimum Gasteiger partial charge on any atom is -0.321 e. The van der Waals surface area contributed by atoms with Crippen LogP contribution in [-0.2, 0) is 11.2 Å². The standard InChI is InChI=1S/C26H26ClN3O/c1-4-5-6-20-7-13-25(14-8-20)30-18(2)15-21(19(30)3)16-22(17-28)26(31)29-24-11-9-23(27)10-12-24/h7-16H,4-6H2,1-3H3,(H,29,31)/b22-16-. The van der Waals surface area contributed by atoms with Crippen LogP contribution < -0.4 is 5.32 Å². The number of benzene rings is 2. The van der Waals surface area contributed by atoms with Gasteiger partial charge < -0.3 is 9.88 Å². The number of halogens is 1. The van der Waals surface area contributed by atoms with Crippen molar-refractivity contribution in [3.8, 4) is 11.8 Å². The second kappa shape index (κ2) is 10.1. The van der Waals surface area contributed by atoms with Crippen LogP contribution in [0.4, 0.5) is 5.69 Å². The first kappa shape index (κ1) is 22.4. The van der Waals surface area contributed by atoms with Crippen LogP contribution in [0.25, 0.3) is 11.8 Å². The average molecular weight is 432 g/mol. The molecule has 0 spiro atoms. The van der Waals surface area contributed by atoms with Gasteiger partial charge in [-0.3, -0.25) is 4.79 Å². The molecule has 5 heteroatoms. The zero-order chi connectivity index (χ0) is 22.4. The number of aryl methyl sites for hydroxylation is 2. The number of carbonyl (C=O) groups is 1. The van der Waals surface area contributed by atoms with Crippen molar-refractivity contribution in [3.63, 3.8) is 0 Å². The number of unbranched alkanes of at least 4 members (excludes halogenated alkanes) is 1. The first-order chi connectivity index (χ1) is 14.9. The molecule has 0 aliphatic heterocycles. The monoisotopic (exact) mass is 431 g/mol. The third-order valence-corrected chi connectivity index (χ3v) is 5.50. The van der Waals surface area contributed by atoms with Gasteiger partial charge in [-0.1, -0.05) is 37.1 Å². The normalized spacial score (nSPS) is 11.3. The van der Waals surface area contributed by atoms with Gasteiger partial charge in [0.25, 0.3) is 5.91 Å². The molecule has 2 aromatic carbocycles. The van der Waals surface area contributed by atoms with Gasteiger partial charge in [0.1, 0.15) is 11.6 Å². The van der Waals surface area contributed by atoms with E-state index in [0.29, 0.717) is 10.7 Å². The number of hydrogen-bond donors (Lipinski definition) is 1. The van der Waals surface area contributed by atoms with Crippen LogP contribution in [-0.4, -0.2) is 10.5 Å². The smallest absolute Gasteiger partial charge is 0.266 e. The summed E-state index contributed by atoms with van der Waals surface area (Å²) in [6, 6.07) is 19.4. The molecule has 0 atom stereocenters. The maximum Gasteiger partial charge on any atom is 0.266 e. The number of aromatic nitrogens is 1. The molecule has 1 N–H and O–H groups in total. The van der Waals surface area contributed by atoms with E-state index in [1.54, 1.807) is 30.3 Å². The fraction of sp³-hybridized carbons (Fsp3) is 0.231. The molecular formula is C26H26ClN3O. The molecule has 3 aromatic rings. The lowest BCUT2D eigenvalue weighted by molar-refractivity contribution is -0.112. The summed E-state index contributed by atoms with van der Waals surface area (Å²) in [6.07, 6.45) is 5.09. The fourth-order valence-electron chi connectivity index (χ4n) is 3.56. The molecule has 0 unspecified atom stereocenters. The molecule has 3 rings (SSSR count). The zero-order valence-electron chi connectivity index (χ0n) is 18.1. The molecule has 31 heavy (non-hydrogen) atoms. The fourth-order valence-corrected chi connectivity index (χ4v) is 3.69. The van der Waals surface area contributed by atoms with Crippen molar-refractivity contribution in [3.05, 3.63) is 87.7 Å². The highest BCUT2D eigenvalue weighted by Gasteiger charge is 2.14. The Labute approximate surface area is 188 Å². The van der Waals surface area contributed by atoms with Gasteiger partial charge in [-0.15, -0.1) is 0 Å². The molecule has 0 aliphatic carbocycles. The molecule has 1 amide bonds. The van der Waals surface area contributed by atoms with Gasteiger partial charge in [-0.25, -0.2) is 0 Å². The molecule has 158 valence electrons. The molecule has 0 saturated heterocycles. The van der Waals surface area contributed by atoms with Gasteiger partial charge in [-0.05, 0) is 86.4 Å². The molecule has 4 nitrogen and oxygen atoms in total. The Morgan fingerprint density at radius 3 is 2.42 bits per heavy atom. The summed E-state index contributed by atoms with van der Waals surface area (Å²) in [4.78, 5) is 12.6. The summed E-state index contributed by atoms with van der Waals surface area (Å²) < 4.78 is 2.14. The topological polar surface area (TPSA) is 57.8 Å². The van der Waals surface area contributed by atoms with Crippen molar-refractivity contribution in [1.29, 1.82) is 5.26 Å². The summed E-state index contributed by atoms with van der Waals surface area (Å²) >= 11 is 5.88. The lowest BCUT2D eigenvalue weighted by Crippen LogP contribution is -2.13. The molecule has 0 aliphatic rings. The van der Waals surface area contributed by atoms with Crippen LogP contribution >= 0.6 is 11.6 Å². The Morgan fingerprint density at radius 2 is 1.81 bits per heavy atom. The van der Waals surface area contributed by atoms with E-state index in [1.165, 1.54) is 18.4 Å². The van der Waals surface area contributed by atoms with Gasteiger partial charge in [-0.2, -0.15) is 5.26 Å². The molecule has 1 aromatic heterocycles. The summed E-state index contributed by atoms with van der Waals surface area (Å²) in [5.41, 5.74) is 5.90. The van der Waals surface area contributed by atoms with Crippen molar-refractivity contribution >= 4 is 29.3 Å². The highest BCUT2D eigenvalue weighted by atomic mass is 35.5. The second-order valence-corrected chi connectivity index (χ2v) is 8.00. The Bertz CT molecular complexity index is 1130. The van der Waals surface area contributed by atoms with Crippen LogP contribution in [0.15, 0.2) is 60.2 Å². The van der Waals surface area contributed by atoms with Gasteiger partial charge >= 0.3 is 0 Å². The van der Waals surface area contributed by atoms with Crippen LogP contribution in [0, 0.1) is 25.2 Å². The average Bonchev–Trinajstić information content (AvgIpc) is 3.05. The number of nitriles is 1. The van der Waals surface area contributed by atoms with Crippen LogP contribution in [0.5, 0.6) is 0 Å². The van der Waals surface area contributed by atoms with Gasteiger partial charge in [0, 0.05) is 27.8 Å². The van der Waals surface area contributed by atoms with E-state index < -0.39 is 5.91 Å². The number of nitrogens with one attached hydrogen (secondary N) is 1. The third-order valence-electron chi connectivity index (χ3n) is 5.25. The van der Waals surface area contributed by atoms with Crippen LogP contribution in [0.2, 0.25) is 5.02 Å². The van der Waals surface area contributed by atoms with Gasteiger partial charge in [0.15, 0.2) is 0 Å². The zero-order valence-corrected chi connectivity index (χ0v) is 18.8. The van der Waals surface area contributed by atoms with Gasteiger partial charge in [0.05, 0.1) is 0 Å². The van der Waals surface area contributed by atoms with E-state index in [-0.39, 0.29) is 5.57 Å². The summed E-state index contributed by atoms with van der Waals surface area (Å²) in [6.45, 7) is 6.21. The van der Waals surface area contributed by atoms with Crippen molar-refractivity contribution in [1.82, 2.24) is 4.57 Å². The quantitative estimate of drug-likeness (QED) is 0.337. The molecule has 0 radical (unpaired) electrons. The second-order valence-electron chi connectivity index (χ2n) is 7.56. The Hall–Kier alpha value is -3.29. The number of nitrogens with zero attached hydrogens (tertiary/aromatic N) is 2. The maximum absolute atomic E-state index is 12.6. The van der Waals surface area contributed by atoms with E-state index >= 15 is 0 Å². The SMILES string of the molecule is CCCCc1ccc(-n2c(C)cc(/C=C(/C#N)C(=O)Nc3ccc(Cl)cc3)c2C)cc1. The number of rotatable bonds is 7. The largest absolute Gasteiger partial charge is 0.321 e. The van der Waals surface area contributed by atoms with Crippen LogP contribution in [0.3, 0.4) is 0 Å². The lowest BCUT2D eigenvalue weighted by atomic mass is 10.1. The lowest BCUT2D eigenvalue weighted by Gasteiger charge is -2.11. The van der Waals surface area contributed by atoms with Gasteiger partial charge in [0.2, 0.25) is 0 Å². The third kappa shape index (κ3) is 5.45. The molecule has 1 heterocycles. The van der Waals surface area contributed by atoms with E-state index in [2.05, 4.69) is 41.1 Å². The predicted molar refractivity (Wildman–Crippen MR) is 128 cm³/mol. The minimum absolute atomic E-state index is 0.0464. The summed E-state index contributed by atoms with van der Waals surface area (Å²) in [5.74, 6) is -0.449. The number of anilines is 1. The number of carbonyl (C=O) groups excluding carboxylic acids is 1. The molecule has 0 fully saturated rings. The van der Waals surface area contributed by atoms with E-state index in [9.17, 15) is 10.1 Å². The highest BCUT2D eigenvalue weighted by Crippen LogP contribution is 2.24. The van der Waals surface area contributed by atoms with E-state index in [0.717, 1.165) is 29.1 Å². The molecular weight excluding hydrogens is 406 g/mol. The van der Waals surface area contributed by atoms with Crippen molar-refractivity contribution in [2.45, 2.75) is 40.0 Å². The first-order valence-electron chi connectivity index (χ1n) is 10.4. The summed E-state index contributed by atoms with van der Waals surface area (Å²) in [5, 5.41) is 12.9. The predicted octanol–water partition coefficient (Wildman–Crippen LogP) is 6.64. The van der Waals surface area contributed by atoms with Crippen LogP contribution in [0.1, 0.15) is 42.3 Å². The van der Waals surface area contributed by atoms with Crippen molar-refractivity contribution in [2.75, 3.05) is 5.32 Å². The molecule has 0 bridgehead atoms.